The first-order chi connectivity index (χ1) is 10.8. The van der Waals surface area contributed by atoms with Crippen molar-refractivity contribution in [3.63, 3.8) is 0 Å². The number of fused-ring (bicyclic) bond motifs is 1. The van der Waals surface area contributed by atoms with Gasteiger partial charge in [0.05, 0.1) is 18.1 Å². The number of aliphatic carboxylic acids is 1. The molecular formula is C13H19N3O6S. The van der Waals surface area contributed by atoms with E-state index in [0.717, 1.165) is 0 Å². The minimum Gasteiger partial charge on any atom is -0.477 e. The summed E-state index contributed by atoms with van der Waals surface area (Å²) in [5.74, 6) is 2.21. The number of carbonyl (C=O) groups is 3. The summed E-state index contributed by atoms with van der Waals surface area (Å²) in [6.45, 7) is 1.49. The van der Waals surface area contributed by atoms with Crippen LogP contribution in [-0.2, 0) is 25.2 Å². The van der Waals surface area contributed by atoms with E-state index in [1.807, 2.05) is 5.43 Å². The Morgan fingerprint density at radius 1 is 1.52 bits per heavy atom. The smallest absolute Gasteiger partial charge is 0.352 e. The van der Waals surface area contributed by atoms with Crippen molar-refractivity contribution in [1.29, 1.82) is 0 Å². The molecule has 10 heteroatoms. The van der Waals surface area contributed by atoms with Crippen molar-refractivity contribution < 1.29 is 28.8 Å². The van der Waals surface area contributed by atoms with E-state index in [-0.39, 0.29) is 30.0 Å². The number of nitrogens with two attached hydrogens (primary N) is 1. The first-order valence-electron chi connectivity index (χ1n) is 7.08. The lowest BCUT2D eigenvalue weighted by molar-refractivity contribution is -0.161. The van der Waals surface area contributed by atoms with Crippen LogP contribution in [0, 0.1) is 5.92 Å². The monoisotopic (exact) mass is 345 g/mol. The molecule has 0 aliphatic carbocycles. The van der Waals surface area contributed by atoms with Crippen LogP contribution in [0.3, 0.4) is 0 Å². The van der Waals surface area contributed by atoms with Gasteiger partial charge in [-0.3, -0.25) is 19.2 Å². The number of aliphatic hydroxyl groups excluding tert-OH is 1. The minimum atomic E-state index is -1.44. The van der Waals surface area contributed by atoms with Gasteiger partial charge in [0.25, 0.3) is 0 Å². The number of nitrogens with one attached hydrogen (secondary N) is 1. The average molecular weight is 345 g/mol. The van der Waals surface area contributed by atoms with Gasteiger partial charge in [-0.2, -0.15) is 0 Å². The summed E-state index contributed by atoms with van der Waals surface area (Å²) < 4.78 is 12.0. The van der Waals surface area contributed by atoms with E-state index in [1.165, 1.54) is 11.8 Å². The van der Waals surface area contributed by atoms with Gasteiger partial charge in [-0.15, -0.1) is 0 Å². The van der Waals surface area contributed by atoms with E-state index >= 15 is 0 Å². The highest BCUT2D eigenvalue weighted by Crippen LogP contribution is 2.43. The molecule has 0 aromatic rings. The van der Waals surface area contributed by atoms with Crippen molar-refractivity contribution in [3.05, 3.63) is 11.3 Å². The maximum absolute atomic E-state index is 12.0. The highest BCUT2D eigenvalue weighted by atomic mass is 32.2. The number of rotatable bonds is 7. The number of hydrogen-bond donors (Lipinski definition) is 4. The van der Waals surface area contributed by atoms with Crippen molar-refractivity contribution in [1.82, 2.24) is 10.3 Å². The molecule has 2 aliphatic rings. The largest absolute Gasteiger partial charge is 0.477 e. The Morgan fingerprint density at radius 2 is 2.17 bits per heavy atom. The molecule has 2 amide bonds. The second kappa shape index (κ2) is 6.77. The zero-order valence-corrected chi connectivity index (χ0v) is 13.3. The van der Waals surface area contributed by atoms with Gasteiger partial charge in [0, 0.05) is 28.7 Å². The van der Waals surface area contributed by atoms with Gasteiger partial charge in [0.1, 0.15) is 5.70 Å². The van der Waals surface area contributed by atoms with Crippen LogP contribution < -0.4 is 11.3 Å². The average Bonchev–Trinajstić information content (AvgIpc) is 2.78. The number of carboxylic acids is 1. The molecule has 1 fully saturated rings. The Kier molecular flexibility index (Phi) is 5.17. The van der Waals surface area contributed by atoms with Crippen LogP contribution in [0.15, 0.2) is 11.3 Å². The molecule has 0 radical (unpaired) electrons. The van der Waals surface area contributed by atoms with Crippen LogP contribution in [0.2, 0.25) is 0 Å². The van der Waals surface area contributed by atoms with Crippen molar-refractivity contribution in [2.24, 2.45) is 11.8 Å². The third-order valence-electron chi connectivity index (χ3n) is 4.08. The van der Waals surface area contributed by atoms with Gasteiger partial charge in [-0.05, 0) is 18.9 Å². The maximum atomic E-state index is 12.0. The van der Waals surface area contributed by atoms with Gasteiger partial charge in [-0.1, -0.05) is 0 Å². The first-order valence-corrected chi connectivity index (χ1v) is 8.57. The number of carboxylic acid groups (broad SMARTS) is 1. The lowest BCUT2D eigenvalue weighted by Crippen LogP contribution is -2.61. The molecule has 2 aliphatic heterocycles. The fraction of sp³-hybridized carbons (Fsp3) is 0.615. The lowest BCUT2D eigenvalue weighted by atomic mass is 9.83. The van der Waals surface area contributed by atoms with Crippen molar-refractivity contribution in [3.8, 4) is 0 Å². The van der Waals surface area contributed by atoms with E-state index in [4.69, 9.17) is 5.84 Å². The van der Waals surface area contributed by atoms with Crippen LogP contribution in [0.5, 0.6) is 0 Å². The molecule has 1 saturated heterocycles. The van der Waals surface area contributed by atoms with Crippen LogP contribution in [0.25, 0.3) is 0 Å². The number of carbonyl (C=O) groups excluding carboxylic acids is 2. The summed E-state index contributed by atoms with van der Waals surface area (Å²) in [4.78, 5) is 35.6. The summed E-state index contributed by atoms with van der Waals surface area (Å²) >= 11 is 0. The lowest BCUT2D eigenvalue weighted by Gasteiger charge is -2.44. The second-order valence-electron chi connectivity index (χ2n) is 5.61. The second-order valence-corrected chi connectivity index (χ2v) is 7.19. The predicted octanol–water partition coefficient (Wildman–Crippen LogP) is -1.93. The molecule has 9 nitrogen and oxygen atoms in total. The van der Waals surface area contributed by atoms with Crippen LogP contribution in [-0.4, -0.2) is 60.8 Å². The summed E-state index contributed by atoms with van der Waals surface area (Å²) in [6, 6.07) is -0.395. The Labute approximate surface area is 134 Å². The van der Waals surface area contributed by atoms with Crippen LogP contribution in [0.4, 0.5) is 0 Å². The molecule has 2 heterocycles. The highest BCUT2D eigenvalue weighted by molar-refractivity contribution is 7.85. The standard InChI is InChI=1S/C13H19N3O6S/c1-6(17)10-8-4-7(5-23(22)3-2-9(18)15-14)11(13(20)21)16(8)12(10)19/h6,8,10,17H,2-5,14H2,1H3,(H,15,18)(H,20,21). The summed E-state index contributed by atoms with van der Waals surface area (Å²) in [5, 5.41) is 18.9. The third kappa shape index (κ3) is 3.28. The third-order valence-corrected chi connectivity index (χ3v) is 5.41. The Morgan fingerprint density at radius 3 is 2.70 bits per heavy atom. The molecule has 0 aromatic carbocycles. The number of aliphatic hydroxyl groups is 1. The Bertz CT molecular complexity index is 603. The van der Waals surface area contributed by atoms with E-state index in [0.29, 0.717) is 5.57 Å². The predicted molar refractivity (Wildman–Crippen MR) is 79.9 cm³/mol. The van der Waals surface area contributed by atoms with Crippen LogP contribution in [0.1, 0.15) is 19.8 Å². The van der Waals surface area contributed by atoms with Gasteiger partial charge in [-0.25, -0.2) is 10.6 Å². The van der Waals surface area contributed by atoms with E-state index in [1.54, 1.807) is 0 Å². The fourth-order valence-electron chi connectivity index (χ4n) is 3.04. The zero-order chi connectivity index (χ0) is 17.3. The molecule has 4 unspecified atom stereocenters. The zero-order valence-electron chi connectivity index (χ0n) is 12.5. The number of nitrogens with zero attached hydrogens (tertiary/aromatic N) is 1. The highest BCUT2D eigenvalue weighted by Gasteiger charge is 2.56. The molecule has 0 aromatic heterocycles. The Balaban J connectivity index is 2.09. The van der Waals surface area contributed by atoms with Crippen molar-refractivity contribution in [2.45, 2.75) is 31.9 Å². The molecule has 128 valence electrons. The number of hydrazine groups is 1. The fourth-order valence-corrected chi connectivity index (χ4v) is 4.24. The van der Waals surface area contributed by atoms with Gasteiger partial charge < -0.3 is 15.1 Å². The molecule has 23 heavy (non-hydrogen) atoms. The van der Waals surface area contributed by atoms with E-state index in [2.05, 4.69) is 0 Å². The number of hydrogen-bond acceptors (Lipinski definition) is 6. The van der Waals surface area contributed by atoms with E-state index < -0.39 is 46.6 Å². The minimum absolute atomic E-state index is 0.0215. The number of β-lactam (4-membered cyclic amide) rings is 1. The molecule has 4 atom stereocenters. The summed E-state index contributed by atoms with van der Waals surface area (Å²) in [6.07, 6.45) is -0.615. The molecule has 5 N–H and O–H groups in total. The van der Waals surface area contributed by atoms with E-state index in [9.17, 15) is 28.8 Å². The van der Waals surface area contributed by atoms with Gasteiger partial charge >= 0.3 is 5.97 Å². The SMILES string of the molecule is CC(O)C1C(=O)N2C(C(=O)O)=C(CS(=O)CCC(=O)NN)CC12. The maximum Gasteiger partial charge on any atom is 0.352 e. The van der Waals surface area contributed by atoms with Crippen molar-refractivity contribution >= 4 is 28.6 Å². The molecule has 0 saturated carbocycles. The molecule has 0 bridgehead atoms. The normalized spacial score (nSPS) is 25.7. The molecule has 0 spiro atoms. The number of amides is 2. The molecule has 2 rings (SSSR count). The topological polar surface area (TPSA) is 150 Å². The molecular weight excluding hydrogens is 326 g/mol. The first kappa shape index (κ1) is 17.6. The van der Waals surface area contributed by atoms with Gasteiger partial charge in [0.15, 0.2) is 0 Å². The van der Waals surface area contributed by atoms with Gasteiger partial charge in [0.2, 0.25) is 11.8 Å². The Hall–Kier alpha value is -1.78. The summed E-state index contributed by atoms with van der Waals surface area (Å²) in [5.41, 5.74) is 2.19. The van der Waals surface area contributed by atoms with Crippen molar-refractivity contribution in [2.75, 3.05) is 11.5 Å². The van der Waals surface area contributed by atoms with Crippen LogP contribution >= 0.6 is 0 Å². The summed E-state index contributed by atoms with van der Waals surface area (Å²) in [7, 11) is -1.44. The quantitative estimate of drug-likeness (QED) is 0.181.